The Labute approximate surface area is 100 Å². The first-order valence-corrected chi connectivity index (χ1v) is 5.56. The van der Waals surface area contributed by atoms with E-state index in [2.05, 4.69) is 43.8 Å². The molecule has 90 valence electrons. The Balaban J connectivity index is 1.89. The molecule has 2 rings (SSSR count). The Morgan fingerprint density at radius 1 is 1.29 bits per heavy atom. The highest BCUT2D eigenvalue weighted by molar-refractivity contribution is 5.39. The smallest absolute Gasteiger partial charge is 0.229 e. The van der Waals surface area contributed by atoms with Crippen LogP contribution in [0.3, 0.4) is 0 Å². The molecule has 4 N–H and O–H groups in total. The fourth-order valence-electron chi connectivity index (χ4n) is 1.59. The predicted molar refractivity (Wildman–Crippen MR) is 68.7 cm³/mol. The number of aromatic nitrogens is 3. The maximum Gasteiger partial charge on any atom is 0.229 e. The molecule has 0 saturated carbocycles. The van der Waals surface area contributed by atoms with E-state index >= 15 is 0 Å². The van der Waals surface area contributed by atoms with Crippen LogP contribution < -0.4 is 16.4 Å². The van der Waals surface area contributed by atoms with Crippen LogP contribution in [0.1, 0.15) is 12.8 Å². The second-order valence-electron chi connectivity index (χ2n) is 3.68. The van der Waals surface area contributed by atoms with Crippen LogP contribution in [0.5, 0.6) is 0 Å². The highest BCUT2D eigenvalue weighted by Gasteiger charge is 2.03. The molecule has 0 unspecified atom stereocenters. The maximum absolute atomic E-state index is 5.56. The van der Waals surface area contributed by atoms with Crippen molar-refractivity contribution in [1.82, 2.24) is 15.0 Å². The van der Waals surface area contributed by atoms with Gasteiger partial charge in [-0.25, -0.2) is 0 Å². The second kappa shape index (κ2) is 5.29. The fraction of sp³-hybridized carbons (Fsp3) is 0.364. The molecule has 0 aromatic carbocycles. The molecule has 1 aromatic heterocycles. The minimum Gasteiger partial charge on any atom is -0.368 e. The van der Waals surface area contributed by atoms with Crippen molar-refractivity contribution in [3.8, 4) is 0 Å². The van der Waals surface area contributed by atoms with Gasteiger partial charge in [0.15, 0.2) is 0 Å². The van der Waals surface area contributed by atoms with E-state index in [1.807, 2.05) is 0 Å². The molecule has 1 heterocycles. The van der Waals surface area contributed by atoms with Crippen LogP contribution in [-0.2, 0) is 0 Å². The quantitative estimate of drug-likeness (QED) is 0.706. The number of hydrogen-bond acceptors (Lipinski definition) is 6. The van der Waals surface area contributed by atoms with Gasteiger partial charge < -0.3 is 16.4 Å². The third-order valence-electron chi connectivity index (χ3n) is 2.42. The predicted octanol–water partition coefficient (Wildman–Crippen LogP) is 1.18. The van der Waals surface area contributed by atoms with E-state index in [9.17, 15) is 0 Å². The molecular formula is C11H16N6. The van der Waals surface area contributed by atoms with Crippen molar-refractivity contribution in [2.24, 2.45) is 0 Å². The molecule has 0 radical (unpaired) electrons. The fourth-order valence-corrected chi connectivity index (χ4v) is 1.59. The molecule has 1 aromatic rings. The van der Waals surface area contributed by atoms with Gasteiger partial charge in [-0.05, 0) is 12.8 Å². The van der Waals surface area contributed by atoms with Crippen molar-refractivity contribution in [3.63, 3.8) is 0 Å². The van der Waals surface area contributed by atoms with E-state index in [0.29, 0.717) is 11.9 Å². The molecule has 6 nitrogen and oxygen atoms in total. The molecule has 0 bridgehead atoms. The number of anilines is 3. The summed E-state index contributed by atoms with van der Waals surface area (Å²) in [6.45, 7) is 0.781. The Hall–Kier alpha value is -2.11. The van der Waals surface area contributed by atoms with E-state index in [1.54, 1.807) is 7.05 Å². The summed E-state index contributed by atoms with van der Waals surface area (Å²) in [5, 5.41) is 5.97. The molecule has 1 aliphatic carbocycles. The van der Waals surface area contributed by atoms with Gasteiger partial charge in [-0.1, -0.05) is 23.8 Å². The number of nitrogens with one attached hydrogen (secondary N) is 2. The first-order chi connectivity index (χ1) is 8.28. The minimum absolute atomic E-state index is 0.215. The van der Waals surface area contributed by atoms with Crippen molar-refractivity contribution >= 4 is 17.8 Å². The van der Waals surface area contributed by atoms with E-state index in [0.717, 1.165) is 19.4 Å². The standard InChI is InChI=1S/C11H16N6/c1-13-10-15-9(12)16-11(17-10)14-7-6-8-4-2-3-5-8/h2,4-5H,3,6-7H2,1H3,(H4,12,13,14,15,16,17). The largest absolute Gasteiger partial charge is 0.368 e. The molecule has 1 aliphatic rings. The average Bonchev–Trinajstić information content (AvgIpc) is 2.81. The van der Waals surface area contributed by atoms with Crippen LogP contribution in [0.4, 0.5) is 17.8 Å². The van der Waals surface area contributed by atoms with Crippen molar-refractivity contribution in [3.05, 3.63) is 23.8 Å². The lowest BCUT2D eigenvalue weighted by atomic mass is 10.2. The van der Waals surface area contributed by atoms with Gasteiger partial charge in [0.25, 0.3) is 0 Å². The van der Waals surface area contributed by atoms with Gasteiger partial charge in [0, 0.05) is 13.6 Å². The molecule has 0 saturated heterocycles. The van der Waals surface area contributed by atoms with Crippen molar-refractivity contribution in [2.45, 2.75) is 12.8 Å². The highest BCUT2D eigenvalue weighted by Crippen LogP contribution is 2.13. The van der Waals surface area contributed by atoms with E-state index in [1.165, 1.54) is 5.57 Å². The highest BCUT2D eigenvalue weighted by atomic mass is 15.2. The number of nitrogens with zero attached hydrogens (tertiary/aromatic N) is 3. The van der Waals surface area contributed by atoms with E-state index in [4.69, 9.17) is 5.73 Å². The Morgan fingerprint density at radius 2 is 2.12 bits per heavy atom. The Bertz CT molecular complexity index is 451. The van der Waals surface area contributed by atoms with Crippen molar-refractivity contribution < 1.29 is 0 Å². The average molecular weight is 232 g/mol. The SMILES string of the molecule is CNc1nc(N)nc(NCCC2=CCC=C2)n1. The van der Waals surface area contributed by atoms with Crippen LogP contribution in [-0.4, -0.2) is 28.5 Å². The Morgan fingerprint density at radius 3 is 2.82 bits per heavy atom. The van der Waals surface area contributed by atoms with Gasteiger partial charge in [0.1, 0.15) is 0 Å². The summed E-state index contributed by atoms with van der Waals surface area (Å²) < 4.78 is 0. The zero-order valence-corrected chi connectivity index (χ0v) is 9.77. The normalized spacial score (nSPS) is 13.6. The van der Waals surface area contributed by atoms with Crippen molar-refractivity contribution in [2.75, 3.05) is 30.0 Å². The number of nitrogens with two attached hydrogens (primary N) is 1. The topological polar surface area (TPSA) is 88.8 Å². The number of hydrogen-bond donors (Lipinski definition) is 3. The maximum atomic E-state index is 5.56. The van der Waals surface area contributed by atoms with Gasteiger partial charge in [-0.3, -0.25) is 0 Å². The van der Waals surface area contributed by atoms with Crippen LogP contribution in [0.15, 0.2) is 23.8 Å². The van der Waals surface area contributed by atoms with Gasteiger partial charge >= 0.3 is 0 Å². The number of nitrogen functional groups attached to an aromatic ring is 1. The van der Waals surface area contributed by atoms with E-state index in [-0.39, 0.29) is 5.95 Å². The van der Waals surface area contributed by atoms with Crippen LogP contribution in [0, 0.1) is 0 Å². The lowest BCUT2D eigenvalue weighted by molar-refractivity contribution is 0.972. The summed E-state index contributed by atoms with van der Waals surface area (Å²) in [6, 6.07) is 0. The summed E-state index contributed by atoms with van der Waals surface area (Å²) in [6.07, 6.45) is 8.50. The first kappa shape index (κ1) is 11.4. The summed E-state index contributed by atoms with van der Waals surface area (Å²) in [4.78, 5) is 12.1. The van der Waals surface area contributed by atoms with Gasteiger partial charge in [-0.15, -0.1) is 0 Å². The Kier molecular flexibility index (Phi) is 3.54. The summed E-state index contributed by atoms with van der Waals surface area (Å²) >= 11 is 0. The third kappa shape index (κ3) is 3.17. The lowest BCUT2D eigenvalue weighted by Crippen LogP contribution is -2.10. The first-order valence-electron chi connectivity index (χ1n) is 5.56. The second-order valence-corrected chi connectivity index (χ2v) is 3.68. The van der Waals surface area contributed by atoms with Crippen molar-refractivity contribution in [1.29, 1.82) is 0 Å². The monoisotopic (exact) mass is 232 g/mol. The van der Waals surface area contributed by atoms with E-state index < -0.39 is 0 Å². The van der Waals surface area contributed by atoms with Gasteiger partial charge in [0.05, 0.1) is 0 Å². The molecule has 0 atom stereocenters. The summed E-state index contributed by atoms with van der Waals surface area (Å²) in [7, 11) is 1.74. The number of allylic oxidation sites excluding steroid dienone is 3. The van der Waals surface area contributed by atoms with Crippen LogP contribution >= 0.6 is 0 Å². The third-order valence-corrected chi connectivity index (χ3v) is 2.42. The molecule has 6 heteroatoms. The molecule has 0 aliphatic heterocycles. The van der Waals surface area contributed by atoms with Crippen LogP contribution in [0.25, 0.3) is 0 Å². The molecule has 17 heavy (non-hydrogen) atoms. The lowest BCUT2D eigenvalue weighted by Gasteiger charge is -2.06. The summed E-state index contributed by atoms with van der Waals surface area (Å²) in [5.41, 5.74) is 6.91. The number of rotatable bonds is 5. The zero-order chi connectivity index (χ0) is 12.1. The van der Waals surface area contributed by atoms with Crippen LogP contribution in [0.2, 0.25) is 0 Å². The molecule has 0 amide bonds. The minimum atomic E-state index is 0.215. The van der Waals surface area contributed by atoms with Gasteiger partial charge in [0.2, 0.25) is 17.8 Å². The summed E-state index contributed by atoms with van der Waals surface area (Å²) in [5.74, 6) is 1.19. The molecular weight excluding hydrogens is 216 g/mol. The zero-order valence-electron chi connectivity index (χ0n) is 9.77. The molecule has 0 spiro atoms. The van der Waals surface area contributed by atoms with Gasteiger partial charge in [-0.2, -0.15) is 15.0 Å². The molecule has 0 fully saturated rings.